The fourth-order valence-corrected chi connectivity index (χ4v) is 4.66. The van der Waals surface area contributed by atoms with Crippen molar-refractivity contribution < 1.29 is 17.9 Å². The van der Waals surface area contributed by atoms with Gasteiger partial charge >= 0.3 is 0 Å². The summed E-state index contributed by atoms with van der Waals surface area (Å²) in [5.74, 6) is -0.215. The number of nitrogens with zero attached hydrogens (tertiary/aromatic N) is 1. The Hall–Kier alpha value is -2.64. The number of amides is 1. The molecule has 1 amide bonds. The molecule has 7 heteroatoms. The van der Waals surface area contributed by atoms with Crippen LogP contribution in [0, 0.1) is 13.8 Å². The van der Waals surface area contributed by atoms with Gasteiger partial charge in [0.15, 0.2) is 6.61 Å². The van der Waals surface area contributed by atoms with Gasteiger partial charge in [-0.15, -0.1) is 0 Å². The van der Waals surface area contributed by atoms with Gasteiger partial charge in [-0.1, -0.05) is 52.3 Å². The molecule has 0 aliphatic heterocycles. The van der Waals surface area contributed by atoms with E-state index in [1.807, 2.05) is 19.1 Å². The Labute approximate surface area is 179 Å². The monoisotopic (exact) mass is 473 g/mol. The van der Waals surface area contributed by atoms with Crippen LogP contribution >= 0.6 is 15.9 Å². The van der Waals surface area contributed by atoms with Gasteiger partial charge in [0.25, 0.3) is 15.9 Å². The van der Waals surface area contributed by atoms with E-state index in [0.717, 1.165) is 14.3 Å². The van der Waals surface area contributed by atoms with Crippen molar-refractivity contribution in [3.8, 4) is 5.75 Å². The fraction of sp³-hybridized carbons (Fsp3) is 0.136. The number of carbonyl (C=O) groups is 1. The molecule has 3 aromatic rings. The standard InChI is InChI=1S/C22H20BrNO4S/c1-16-11-12-17(2)21(13-16)24(29(26,27)20-9-4-3-5-10-20)22(25)15-28-19-8-6-7-18(23)14-19/h3-14H,15H2,1-2H3. The van der Waals surface area contributed by atoms with Crippen LogP contribution in [0.3, 0.4) is 0 Å². The summed E-state index contributed by atoms with van der Waals surface area (Å²) in [6.07, 6.45) is 0. The van der Waals surface area contributed by atoms with Gasteiger partial charge in [-0.3, -0.25) is 4.79 Å². The lowest BCUT2D eigenvalue weighted by molar-refractivity contribution is -0.119. The minimum atomic E-state index is -4.11. The van der Waals surface area contributed by atoms with Gasteiger partial charge in [-0.05, 0) is 61.4 Å². The van der Waals surface area contributed by atoms with Crippen LogP contribution in [0.1, 0.15) is 11.1 Å². The van der Waals surface area contributed by atoms with Crippen LogP contribution in [-0.2, 0) is 14.8 Å². The first kappa shape index (κ1) is 21.1. The van der Waals surface area contributed by atoms with Gasteiger partial charge in [0.05, 0.1) is 10.6 Å². The van der Waals surface area contributed by atoms with E-state index >= 15 is 0 Å². The van der Waals surface area contributed by atoms with Crippen LogP contribution in [0.25, 0.3) is 0 Å². The number of aryl methyl sites for hydroxylation is 2. The molecule has 0 N–H and O–H groups in total. The molecular formula is C22H20BrNO4S. The summed E-state index contributed by atoms with van der Waals surface area (Å²) in [6.45, 7) is 3.19. The van der Waals surface area contributed by atoms with E-state index in [1.54, 1.807) is 55.5 Å². The summed E-state index contributed by atoms with van der Waals surface area (Å²) in [4.78, 5) is 13.1. The third kappa shape index (κ3) is 4.86. The average Bonchev–Trinajstić information content (AvgIpc) is 2.70. The second kappa shape index (κ2) is 8.80. The lowest BCUT2D eigenvalue weighted by atomic mass is 10.1. The highest BCUT2D eigenvalue weighted by Crippen LogP contribution is 2.28. The van der Waals surface area contributed by atoms with Gasteiger partial charge in [0, 0.05) is 4.47 Å². The van der Waals surface area contributed by atoms with Crippen molar-refractivity contribution in [2.24, 2.45) is 0 Å². The number of carbonyl (C=O) groups excluding carboxylic acids is 1. The molecule has 0 radical (unpaired) electrons. The van der Waals surface area contributed by atoms with Crippen molar-refractivity contribution in [2.75, 3.05) is 10.9 Å². The molecule has 0 heterocycles. The third-order valence-electron chi connectivity index (χ3n) is 4.25. The maximum atomic E-state index is 13.3. The Bertz CT molecular complexity index is 1130. The van der Waals surface area contributed by atoms with Crippen LogP contribution in [0.5, 0.6) is 5.75 Å². The third-order valence-corrected chi connectivity index (χ3v) is 6.49. The maximum absolute atomic E-state index is 13.3. The molecule has 0 saturated carbocycles. The SMILES string of the molecule is Cc1ccc(C)c(N(C(=O)COc2cccc(Br)c2)S(=O)(=O)c2ccccc2)c1. The van der Waals surface area contributed by atoms with Gasteiger partial charge in [0.2, 0.25) is 0 Å². The highest BCUT2D eigenvalue weighted by atomic mass is 79.9. The second-order valence-electron chi connectivity index (χ2n) is 6.51. The summed E-state index contributed by atoms with van der Waals surface area (Å²) in [5.41, 5.74) is 1.84. The van der Waals surface area contributed by atoms with E-state index in [-0.39, 0.29) is 4.90 Å². The molecule has 0 spiro atoms. The van der Waals surface area contributed by atoms with Crippen LogP contribution in [0.15, 0.2) is 82.2 Å². The largest absolute Gasteiger partial charge is 0.484 e. The number of rotatable bonds is 6. The summed E-state index contributed by atoms with van der Waals surface area (Å²) < 4.78 is 33.9. The van der Waals surface area contributed by atoms with E-state index in [1.165, 1.54) is 12.1 Å². The molecule has 0 atom stereocenters. The molecule has 29 heavy (non-hydrogen) atoms. The zero-order valence-electron chi connectivity index (χ0n) is 16.0. The van der Waals surface area contributed by atoms with Crippen molar-refractivity contribution in [1.29, 1.82) is 0 Å². The first-order valence-electron chi connectivity index (χ1n) is 8.88. The second-order valence-corrected chi connectivity index (χ2v) is 9.21. The Morgan fingerprint density at radius 2 is 1.69 bits per heavy atom. The van der Waals surface area contributed by atoms with E-state index in [9.17, 15) is 13.2 Å². The Balaban J connectivity index is 2.01. The molecule has 0 aromatic heterocycles. The molecule has 3 aromatic carbocycles. The van der Waals surface area contributed by atoms with Crippen molar-refractivity contribution in [1.82, 2.24) is 0 Å². The lowest BCUT2D eigenvalue weighted by Crippen LogP contribution is -2.40. The summed E-state index contributed by atoms with van der Waals surface area (Å²) >= 11 is 3.34. The van der Waals surface area contributed by atoms with Crippen molar-refractivity contribution in [2.45, 2.75) is 18.7 Å². The zero-order chi connectivity index (χ0) is 21.0. The molecule has 0 unspecified atom stereocenters. The highest BCUT2D eigenvalue weighted by Gasteiger charge is 2.32. The highest BCUT2D eigenvalue weighted by molar-refractivity contribution is 9.10. The predicted molar refractivity (Wildman–Crippen MR) is 117 cm³/mol. The van der Waals surface area contributed by atoms with Crippen molar-refractivity contribution >= 4 is 37.5 Å². The summed E-state index contributed by atoms with van der Waals surface area (Å²) in [7, 11) is -4.11. The van der Waals surface area contributed by atoms with Crippen LogP contribution in [0.4, 0.5) is 5.69 Å². The smallest absolute Gasteiger partial charge is 0.278 e. The van der Waals surface area contributed by atoms with Crippen LogP contribution in [0.2, 0.25) is 0 Å². The van der Waals surface area contributed by atoms with Crippen molar-refractivity contribution in [3.05, 3.63) is 88.4 Å². The van der Waals surface area contributed by atoms with E-state index < -0.39 is 22.5 Å². The van der Waals surface area contributed by atoms with E-state index in [0.29, 0.717) is 17.0 Å². The fourth-order valence-electron chi connectivity index (χ4n) is 2.79. The number of anilines is 1. The molecular weight excluding hydrogens is 454 g/mol. The molecule has 0 aliphatic carbocycles. The Morgan fingerprint density at radius 1 is 0.966 bits per heavy atom. The molecule has 150 valence electrons. The Kier molecular flexibility index (Phi) is 6.39. The van der Waals surface area contributed by atoms with Gasteiger partial charge in [-0.2, -0.15) is 4.31 Å². The first-order valence-corrected chi connectivity index (χ1v) is 11.1. The molecule has 3 rings (SSSR count). The molecule has 5 nitrogen and oxygen atoms in total. The number of benzene rings is 3. The minimum Gasteiger partial charge on any atom is -0.484 e. The predicted octanol–water partition coefficient (Wildman–Crippen LogP) is 4.87. The summed E-state index contributed by atoms with van der Waals surface area (Å²) in [6, 6.07) is 20.3. The van der Waals surface area contributed by atoms with Gasteiger partial charge in [0.1, 0.15) is 5.75 Å². The van der Waals surface area contributed by atoms with E-state index in [4.69, 9.17) is 4.74 Å². The van der Waals surface area contributed by atoms with E-state index in [2.05, 4.69) is 15.9 Å². The first-order chi connectivity index (χ1) is 13.8. The molecule has 0 fully saturated rings. The number of ether oxygens (including phenoxy) is 1. The minimum absolute atomic E-state index is 0.0386. The maximum Gasteiger partial charge on any atom is 0.278 e. The molecule has 0 bridgehead atoms. The average molecular weight is 474 g/mol. The quantitative estimate of drug-likeness (QED) is 0.512. The lowest BCUT2D eigenvalue weighted by Gasteiger charge is -2.24. The van der Waals surface area contributed by atoms with Crippen molar-refractivity contribution in [3.63, 3.8) is 0 Å². The summed E-state index contributed by atoms with van der Waals surface area (Å²) in [5, 5.41) is 0. The van der Waals surface area contributed by atoms with Gasteiger partial charge in [-0.25, -0.2) is 8.42 Å². The topological polar surface area (TPSA) is 63.7 Å². The number of hydrogen-bond acceptors (Lipinski definition) is 4. The number of halogens is 1. The normalized spacial score (nSPS) is 11.1. The van der Waals surface area contributed by atoms with Gasteiger partial charge < -0.3 is 4.74 Å². The van der Waals surface area contributed by atoms with Crippen LogP contribution < -0.4 is 9.04 Å². The Morgan fingerprint density at radius 3 is 2.38 bits per heavy atom. The zero-order valence-corrected chi connectivity index (χ0v) is 18.4. The molecule has 0 saturated heterocycles. The van der Waals surface area contributed by atoms with Crippen LogP contribution in [-0.4, -0.2) is 20.9 Å². The molecule has 0 aliphatic rings. The number of hydrogen-bond donors (Lipinski definition) is 0. The number of sulfonamides is 1.